The van der Waals surface area contributed by atoms with Crippen LogP contribution in [0.2, 0.25) is 0 Å². The molecular formula is C22H24F3N5O3. The average molecular weight is 463 g/mol. The van der Waals surface area contributed by atoms with Crippen molar-refractivity contribution in [2.24, 2.45) is 5.92 Å². The molecule has 3 rings (SSSR count). The van der Waals surface area contributed by atoms with E-state index in [0.29, 0.717) is 29.3 Å². The number of nitrogens with one attached hydrogen (secondary N) is 1. The van der Waals surface area contributed by atoms with Gasteiger partial charge < -0.3 is 15.2 Å². The summed E-state index contributed by atoms with van der Waals surface area (Å²) in [6.45, 7) is 6.17. The molecule has 0 aliphatic carbocycles. The van der Waals surface area contributed by atoms with Crippen molar-refractivity contribution in [1.82, 2.24) is 25.1 Å². The van der Waals surface area contributed by atoms with Crippen LogP contribution in [0.3, 0.4) is 0 Å². The van der Waals surface area contributed by atoms with Gasteiger partial charge in [0.15, 0.2) is 5.82 Å². The summed E-state index contributed by atoms with van der Waals surface area (Å²) in [6.07, 6.45) is -1.45. The zero-order valence-corrected chi connectivity index (χ0v) is 18.3. The highest BCUT2D eigenvalue weighted by molar-refractivity contribution is 5.94. The van der Waals surface area contributed by atoms with Gasteiger partial charge in [0.2, 0.25) is 0 Å². The van der Waals surface area contributed by atoms with E-state index < -0.39 is 18.3 Å². The molecule has 0 bridgehead atoms. The summed E-state index contributed by atoms with van der Waals surface area (Å²) in [4.78, 5) is 21.5. The number of halogens is 3. The Morgan fingerprint density at radius 3 is 2.45 bits per heavy atom. The van der Waals surface area contributed by atoms with Crippen LogP contribution < -0.4 is 10.1 Å². The molecule has 8 nitrogen and oxygen atoms in total. The summed E-state index contributed by atoms with van der Waals surface area (Å²) in [5, 5.41) is 16.1. The van der Waals surface area contributed by atoms with Gasteiger partial charge >= 0.3 is 6.36 Å². The number of aromatic nitrogens is 4. The van der Waals surface area contributed by atoms with E-state index in [9.17, 15) is 23.1 Å². The maximum absolute atomic E-state index is 12.7. The first-order valence-corrected chi connectivity index (χ1v) is 10.2. The predicted molar refractivity (Wildman–Crippen MR) is 114 cm³/mol. The van der Waals surface area contributed by atoms with Crippen LogP contribution in [-0.2, 0) is 6.54 Å². The summed E-state index contributed by atoms with van der Waals surface area (Å²) in [7, 11) is 0. The Balaban J connectivity index is 2.00. The SMILES string of the molecule is CC(C)Cn1cc(-c2nc(C(=O)NC(C)CO)cc(-c3ccc(OC(F)(F)F)cc3)n2)cn1. The minimum absolute atomic E-state index is 0.0440. The molecule has 0 radical (unpaired) electrons. The third kappa shape index (κ3) is 6.75. The first kappa shape index (κ1) is 24.2. The standard InChI is InChI=1S/C22H24F3N5O3/c1-13(2)10-30-11-16(9-26-30)20-28-18(8-19(29-20)21(32)27-14(3)12-31)15-4-6-17(7-5-15)33-22(23,24)25/h4-9,11,13-14,31H,10,12H2,1-3H3,(H,27,32). The molecule has 3 aromatic rings. The lowest BCUT2D eigenvalue weighted by Crippen LogP contribution is -2.35. The van der Waals surface area contributed by atoms with Crippen molar-refractivity contribution in [2.45, 2.75) is 39.7 Å². The smallest absolute Gasteiger partial charge is 0.406 e. The van der Waals surface area contributed by atoms with Gasteiger partial charge in [-0.2, -0.15) is 5.10 Å². The third-order valence-electron chi connectivity index (χ3n) is 4.44. The summed E-state index contributed by atoms with van der Waals surface area (Å²) >= 11 is 0. The molecule has 2 heterocycles. The van der Waals surface area contributed by atoms with Crippen molar-refractivity contribution >= 4 is 5.91 Å². The number of aliphatic hydroxyl groups is 1. The Kier molecular flexibility index (Phi) is 7.32. The Morgan fingerprint density at radius 1 is 1.15 bits per heavy atom. The molecule has 0 fully saturated rings. The number of hydrogen-bond donors (Lipinski definition) is 2. The first-order valence-electron chi connectivity index (χ1n) is 10.2. The van der Waals surface area contributed by atoms with Gasteiger partial charge in [0.25, 0.3) is 5.91 Å². The Bertz CT molecular complexity index is 1100. The average Bonchev–Trinajstić information content (AvgIpc) is 3.20. The minimum atomic E-state index is -4.80. The van der Waals surface area contributed by atoms with Gasteiger partial charge in [0, 0.05) is 24.3 Å². The van der Waals surface area contributed by atoms with Crippen molar-refractivity contribution in [1.29, 1.82) is 0 Å². The van der Waals surface area contributed by atoms with Gasteiger partial charge in [-0.25, -0.2) is 9.97 Å². The largest absolute Gasteiger partial charge is 0.573 e. The zero-order valence-electron chi connectivity index (χ0n) is 18.3. The quantitative estimate of drug-likeness (QED) is 0.529. The van der Waals surface area contributed by atoms with E-state index in [1.54, 1.807) is 24.0 Å². The molecule has 2 N–H and O–H groups in total. The van der Waals surface area contributed by atoms with Crippen molar-refractivity contribution in [3.8, 4) is 28.4 Å². The summed E-state index contributed by atoms with van der Waals surface area (Å²) in [5.41, 5.74) is 1.42. The molecule has 0 aliphatic heterocycles. The van der Waals surface area contributed by atoms with E-state index in [4.69, 9.17) is 0 Å². The van der Waals surface area contributed by atoms with Crippen molar-refractivity contribution in [2.75, 3.05) is 6.61 Å². The maximum Gasteiger partial charge on any atom is 0.573 e. The highest BCUT2D eigenvalue weighted by Gasteiger charge is 2.31. The Labute approximate surface area is 188 Å². The molecular weight excluding hydrogens is 439 g/mol. The van der Waals surface area contributed by atoms with E-state index in [2.05, 4.69) is 39.0 Å². The van der Waals surface area contributed by atoms with Crippen LogP contribution in [0, 0.1) is 5.92 Å². The minimum Gasteiger partial charge on any atom is -0.406 e. The predicted octanol–water partition coefficient (Wildman–Crippen LogP) is 3.67. The molecule has 0 aliphatic rings. The normalized spacial score (nSPS) is 12.6. The van der Waals surface area contributed by atoms with Gasteiger partial charge in [0.1, 0.15) is 11.4 Å². The number of hydrogen-bond acceptors (Lipinski definition) is 6. The highest BCUT2D eigenvalue weighted by atomic mass is 19.4. The zero-order chi connectivity index (χ0) is 24.2. The van der Waals surface area contributed by atoms with Crippen LogP contribution in [0.5, 0.6) is 5.75 Å². The van der Waals surface area contributed by atoms with Crippen molar-refractivity contribution in [3.63, 3.8) is 0 Å². The van der Waals surface area contributed by atoms with Crippen LogP contribution in [0.4, 0.5) is 13.2 Å². The fourth-order valence-electron chi connectivity index (χ4n) is 2.96. The number of carbonyl (C=O) groups excluding carboxylic acids is 1. The van der Waals surface area contributed by atoms with Crippen LogP contribution in [-0.4, -0.2) is 49.8 Å². The molecule has 1 atom stereocenters. The van der Waals surface area contributed by atoms with Crippen molar-refractivity contribution in [3.05, 3.63) is 48.4 Å². The number of ether oxygens (including phenoxy) is 1. The number of alkyl halides is 3. The first-order chi connectivity index (χ1) is 15.5. The van der Waals surface area contributed by atoms with Gasteiger partial charge in [-0.05, 0) is 43.2 Å². The lowest BCUT2D eigenvalue weighted by molar-refractivity contribution is -0.274. The second-order valence-corrected chi connectivity index (χ2v) is 7.94. The molecule has 1 amide bonds. The van der Waals surface area contributed by atoms with E-state index >= 15 is 0 Å². The second kappa shape index (κ2) is 9.99. The van der Waals surface area contributed by atoms with E-state index in [-0.39, 0.29) is 23.9 Å². The topological polar surface area (TPSA) is 102 Å². The van der Waals surface area contributed by atoms with Crippen molar-refractivity contribution < 1.29 is 27.8 Å². The monoisotopic (exact) mass is 463 g/mol. The van der Waals surface area contributed by atoms with Gasteiger partial charge in [-0.3, -0.25) is 9.48 Å². The molecule has 0 saturated heterocycles. The van der Waals surface area contributed by atoms with Gasteiger partial charge in [-0.1, -0.05) is 13.8 Å². The lowest BCUT2D eigenvalue weighted by Gasteiger charge is -2.12. The Morgan fingerprint density at radius 2 is 1.85 bits per heavy atom. The van der Waals surface area contributed by atoms with Crippen LogP contribution >= 0.6 is 0 Å². The van der Waals surface area contributed by atoms with E-state index in [1.807, 2.05) is 0 Å². The summed E-state index contributed by atoms with van der Waals surface area (Å²) in [6, 6.07) is 6.09. The van der Waals surface area contributed by atoms with E-state index in [0.717, 1.165) is 0 Å². The molecule has 33 heavy (non-hydrogen) atoms. The number of amides is 1. The molecule has 1 unspecified atom stereocenters. The third-order valence-corrected chi connectivity index (χ3v) is 4.44. The maximum atomic E-state index is 12.7. The van der Waals surface area contributed by atoms with Gasteiger partial charge in [0.05, 0.1) is 24.1 Å². The highest BCUT2D eigenvalue weighted by Crippen LogP contribution is 2.27. The summed E-state index contributed by atoms with van der Waals surface area (Å²) < 4.78 is 43.0. The second-order valence-electron chi connectivity index (χ2n) is 7.94. The number of rotatable bonds is 8. The number of benzene rings is 1. The lowest BCUT2D eigenvalue weighted by atomic mass is 10.1. The number of aliphatic hydroxyl groups excluding tert-OH is 1. The number of nitrogens with zero attached hydrogens (tertiary/aromatic N) is 4. The molecule has 1 aromatic carbocycles. The van der Waals surface area contributed by atoms with E-state index in [1.165, 1.54) is 30.3 Å². The molecule has 0 saturated carbocycles. The van der Waals surface area contributed by atoms with Gasteiger partial charge in [-0.15, -0.1) is 13.2 Å². The number of carbonyl (C=O) groups is 1. The fourth-order valence-corrected chi connectivity index (χ4v) is 2.96. The molecule has 176 valence electrons. The molecule has 11 heteroatoms. The van der Waals surface area contributed by atoms with Crippen LogP contribution in [0.1, 0.15) is 31.3 Å². The van der Waals surface area contributed by atoms with Crippen LogP contribution in [0.15, 0.2) is 42.7 Å². The molecule has 2 aromatic heterocycles. The van der Waals surface area contributed by atoms with Crippen LogP contribution in [0.25, 0.3) is 22.6 Å². The Hall–Kier alpha value is -3.47. The molecule has 0 spiro atoms. The summed E-state index contributed by atoms with van der Waals surface area (Å²) in [5.74, 6) is -0.290. The fraction of sp³-hybridized carbons (Fsp3) is 0.364.